The maximum absolute atomic E-state index is 12.3. The van der Waals surface area contributed by atoms with Crippen molar-refractivity contribution in [3.8, 4) is 0 Å². The fourth-order valence-electron chi connectivity index (χ4n) is 2.67. The molecule has 1 amide bonds. The van der Waals surface area contributed by atoms with Crippen molar-refractivity contribution in [1.82, 2.24) is 9.99 Å². The van der Waals surface area contributed by atoms with Crippen molar-refractivity contribution >= 4 is 34.6 Å². The van der Waals surface area contributed by atoms with E-state index in [2.05, 4.69) is 28.5 Å². The number of nitrogens with zero attached hydrogens (tertiary/aromatic N) is 3. The van der Waals surface area contributed by atoms with Gasteiger partial charge in [-0.25, -0.2) is 5.01 Å². The normalized spacial score (nSPS) is 17.5. The minimum Gasteiger partial charge on any atom is -0.273 e. The van der Waals surface area contributed by atoms with Crippen LogP contribution in [0.4, 0.5) is 0 Å². The van der Waals surface area contributed by atoms with Gasteiger partial charge in [-0.1, -0.05) is 18.5 Å². The Morgan fingerprint density at radius 2 is 2.26 bits per heavy atom. The Bertz CT molecular complexity index is 784. The smallest absolute Gasteiger partial charge is 0.242 e. The molecule has 0 fully saturated rings. The predicted molar refractivity (Wildman–Crippen MR) is 94.1 cm³/mol. The van der Waals surface area contributed by atoms with Crippen molar-refractivity contribution in [3.63, 3.8) is 0 Å². The number of hydrazone groups is 1. The van der Waals surface area contributed by atoms with E-state index in [4.69, 9.17) is 11.6 Å². The summed E-state index contributed by atoms with van der Waals surface area (Å²) in [5.74, 6) is 0.0101. The third-order valence-electron chi connectivity index (χ3n) is 4.02. The number of pyridine rings is 1. The lowest BCUT2D eigenvalue weighted by Crippen LogP contribution is -2.26. The summed E-state index contributed by atoms with van der Waals surface area (Å²) < 4.78 is 0. The molecule has 23 heavy (non-hydrogen) atoms. The predicted octanol–water partition coefficient (Wildman–Crippen LogP) is 4.50. The van der Waals surface area contributed by atoms with Gasteiger partial charge in [0, 0.05) is 19.0 Å². The third kappa shape index (κ3) is 3.03. The van der Waals surface area contributed by atoms with Crippen LogP contribution in [-0.2, 0) is 4.79 Å². The van der Waals surface area contributed by atoms with Gasteiger partial charge in [-0.05, 0) is 42.5 Å². The Morgan fingerprint density at radius 1 is 1.48 bits per heavy atom. The quantitative estimate of drug-likeness (QED) is 0.820. The Balaban J connectivity index is 1.98. The number of hydrogen-bond donors (Lipinski definition) is 0. The number of aryl methyl sites for hydroxylation is 2. The first-order chi connectivity index (χ1) is 11.0. The van der Waals surface area contributed by atoms with Crippen LogP contribution in [0, 0.1) is 13.8 Å². The molecule has 2 aromatic rings. The molecule has 0 saturated heterocycles. The molecule has 3 rings (SSSR count). The topological polar surface area (TPSA) is 45.6 Å². The Morgan fingerprint density at radius 3 is 2.87 bits per heavy atom. The number of carbonyl (C=O) groups excluding carboxylic acids is 1. The number of amides is 1. The van der Waals surface area contributed by atoms with Crippen LogP contribution in [0.15, 0.2) is 28.8 Å². The third-order valence-corrected chi connectivity index (χ3v) is 5.47. The average Bonchev–Trinajstić information content (AvgIpc) is 3.15. The second kappa shape index (κ2) is 6.42. The molecular formula is C17H18ClN3OS. The van der Waals surface area contributed by atoms with Gasteiger partial charge < -0.3 is 0 Å². The molecule has 0 saturated carbocycles. The van der Waals surface area contributed by atoms with Crippen LogP contribution >= 0.6 is 22.9 Å². The monoisotopic (exact) mass is 347 g/mol. The summed E-state index contributed by atoms with van der Waals surface area (Å²) in [5.41, 5.74) is 3.87. The largest absolute Gasteiger partial charge is 0.273 e. The van der Waals surface area contributed by atoms with Gasteiger partial charge in [0.1, 0.15) is 0 Å². The standard InChI is InChI=1S/C17H18ClN3OS/c1-4-16(22)21-15(12-7-13(18)11(3)19-9-12)8-14(20-21)17-10(2)5-6-23-17/h5-7,9,15H,4,8H2,1-3H3. The van der Waals surface area contributed by atoms with Gasteiger partial charge in [-0.3, -0.25) is 9.78 Å². The summed E-state index contributed by atoms with van der Waals surface area (Å²) in [6.45, 7) is 5.79. The molecule has 4 nitrogen and oxygen atoms in total. The Hall–Kier alpha value is -1.72. The van der Waals surface area contributed by atoms with Crippen molar-refractivity contribution in [2.45, 2.75) is 39.7 Å². The zero-order valence-corrected chi connectivity index (χ0v) is 14.9. The summed E-state index contributed by atoms with van der Waals surface area (Å²) in [4.78, 5) is 17.8. The lowest BCUT2D eigenvalue weighted by Gasteiger charge is -2.21. The molecule has 1 aliphatic rings. The first-order valence-electron chi connectivity index (χ1n) is 7.57. The molecule has 0 bridgehead atoms. The fourth-order valence-corrected chi connectivity index (χ4v) is 3.77. The maximum atomic E-state index is 12.3. The van der Waals surface area contributed by atoms with E-state index in [-0.39, 0.29) is 11.9 Å². The minimum absolute atomic E-state index is 0.0101. The van der Waals surface area contributed by atoms with E-state index < -0.39 is 0 Å². The van der Waals surface area contributed by atoms with Crippen molar-refractivity contribution in [2.24, 2.45) is 5.10 Å². The number of thiophene rings is 1. The zero-order valence-electron chi connectivity index (χ0n) is 13.3. The summed E-state index contributed by atoms with van der Waals surface area (Å²) in [5, 5.41) is 8.88. The van der Waals surface area contributed by atoms with Gasteiger partial charge in [0.2, 0.25) is 5.91 Å². The highest BCUT2D eigenvalue weighted by Crippen LogP contribution is 2.35. The molecule has 0 N–H and O–H groups in total. The molecule has 120 valence electrons. The van der Waals surface area contributed by atoms with Gasteiger partial charge >= 0.3 is 0 Å². The van der Waals surface area contributed by atoms with Crippen molar-refractivity contribution in [2.75, 3.05) is 0 Å². The van der Waals surface area contributed by atoms with Gasteiger partial charge in [0.15, 0.2) is 0 Å². The molecule has 0 aromatic carbocycles. The van der Waals surface area contributed by atoms with E-state index in [0.717, 1.165) is 21.8 Å². The Labute approximate surface area is 144 Å². The van der Waals surface area contributed by atoms with E-state index in [1.165, 1.54) is 5.56 Å². The molecule has 1 unspecified atom stereocenters. The molecule has 1 atom stereocenters. The Kier molecular flexibility index (Phi) is 4.50. The van der Waals surface area contributed by atoms with Crippen LogP contribution in [0.5, 0.6) is 0 Å². The number of rotatable bonds is 3. The van der Waals surface area contributed by atoms with Gasteiger partial charge in [0.25, 0.3) is 0 Å². The van der Waals surface area contributed by atoms with Crippen molar-refractivity contribution in [3.05, 3.63) is 50.4 Å². The van der Waals surface area contributed by atoms with Gasteiger partial charge in [-0.15, -0.1) is 11.3 Å². The lowest BCUT2D eigenvalue weighted by molar-refractivity contribution is -0.132. The van der Waals surface area contributed by atoms with E-state index in [0.29, 0.717) is 17.9 Å². The van der Waals surface area contributed by atoms with Crippen molar-refractivity contribution in [1.29, 1.82) is 0 Å². The summed E-state index contributed by atoms with van der Waals surface area (Å²) >= 11 is 7.87. The molecule has 2 aromatic heterocycles. The second-order valence-corrected chi connectivity index (χ2v) is 6.95. The highest BCUT2D eigenvalue weighted by molar-refractivity contribution is 7.12. The van der Waals surface area contributed by atoms with Crippen LogP contribution in [-0.4, -0.2) is 21.6 Å². The van der Waals surface area contributed by atoms with Crippen molar-refractivity contribution < 1.29 is 4.79 Å². The van der Waals surface area contributed by atoms with E-state index in [9.17, 15) is 4.79 Å². The minimum atomic E-state index is -0.135. The fraction of sp³-hybridized carbons (Fsp3) is 0.353. The molecule has 6 heteroatoms. The molecule has 0 aliphatic carbocycles. The highest BCUT2D eigenvalue weighted by atomic mass is 35.5. The van der Waals surface area contributed by atoms with Crippen LogP contribution in [0.2, 0.25) is 5.02 Å². The highest BCUT2D eigenvalue weighted by Gasteiger charge is 2.33. The van der Waals surface area contributed by atoms with Crippen LogP contribution < -0.4 is 0 Å². The zero-order chi connectivity index (χ0) is 16.6. The molecule has 0 spiro atoms. The number of hydrogen-bond acceptors (Lipinski definition) is 4. The maximum Gasteiger partial charge on any atom is 0.242 e. The number of halogens is 1. The lowest BCUT2D eigenvalue weighted by atomic mass is 10.0. The average molecular weight is 348 g/mol. The van der Waals surface area contributed by atoms with Gasteiger partial charge in [-0.2, -0.15) is 5.10 Å². The molecular weight excluding hydrogens is 330 g/mol. The molecule has 0 radical (unpaired) electrons. The molecule has 3 heterocycles. The first kappa shape index (κ1) is 16.1. The summed E-state index contributed by atoms with van der Waals surface area (Å²) in [6.07, 6.45) is 2.90. The second-order valence-electron chi connectivity index (χ2n) is 5.63. The number of carbonyl (C=O) groups is 1. The number of aromatic nitrogens is 1. The first-order valence-corrected chi connectivity index (χ1v) is 8.83. The SMILES string of the molecule is CCC(=O)N1N=C(c2sccc2C)CC1c1cnc(C)c(Cl)c1. The van der Waals surface area contributed by atoms with E-state index in [1.807, 2.05) is 19.9 Å². The summed E-state index contributed by atoms with van der Waals surface area (Å²) in [7, 11) is 0. The van der Waals surface area contributed by atoms with E-state index in [1.54, 1.807) is 22.5 Å². The van der Waals surface area contributed by atoms with Gasteiger partial charge in [0.05, 0.1) is 27.3 Å². The van der Waals surface area contributed by atoms with E-state index >= 15 is 0 Å². The van der Waals surface area contributed by atoms with Crippen LogP contribution in [0.25, 0.3) is 0 Å². The van der Waals surface area contributed by atoms with Crippen LogP contribution in [0.3, 0.4) is 0 Å². The molecule has 1 aliphatic heterocycles. The summed E-state index contributed by atoms with van der Waals surface area (Å²) in [6, 6.07) is 3.83. The van der Waals surface area contributed by atoms with Crippen LogP contribution in [0.1, 0.15) is 47.5 Å².